The lowest BCUT2D eigenvalue weighted by Crippen LogP contribution is -2.43. The molecule has 0 aromatic heterocycles. The fourth-order valence-corrected chi connectivity index (χ4v) is 6.25. The number of aliphatic hydroxyl groups is 1. The van der Waals surface area contributed by atoms with E-state index < -0.39 is 12.1 Å². The van der Waals surface area contributed by atoms with Gasteiger partial charge in [0.25, 0.3) is 0 Å². The van der Waals surface area contributed by atoms with Crippen LogP contribution in [-0.4, -0.2) is 81.8 Å². The van der Waals surface area contributed by atoms with Crippen LogP contribution in [0.4, 0.5) is 23.2 Å². The van der Waals surface area contributed by atoms with E-state index in [1.54, 1.807) is 6.07 Å². The molecule has 3 aliphatic rings. The first-order valence-corrected chi connectivity index (χ1v) is 16.4. The molecule has 46 heavy (non-hydrogen) atoms. The number of alkyl halides is 3. The summed E-state index contributed by atoms with van der Waals surface area (Å²) in [7, 11) is 1.00. The first kappa shape index (κ1) is 37.4. The number of aromatic hydroxyl groups is 1. The highest BCUT2D eigenvalue weighted by atomic mass is 19.4. The van der Waals surface area contributed by atoms with E-state index in [-0.39, 0.29) is 36.4 Å². The van der Waals surface area contributed by atoms with Crippen LogP contribution in [0.1, 0.15) is 68.4 Å². The Morgan fingerprint density at radius 2 is 1.65 bits per heavy atom. The highest BCUT2D eigenvalue weighted by Crippen LogP contribution is 2.44. The molecule has 1 atom stereocenters. The Balaban J connectivity index is 0.000000737. The summed E-state index contributed by atoms with van der Waals surface area (Å²) in [6.07, 6.45) is 1.53. The topological polar surface area (TPSA) is 106 Å². The van der Waals surface area contributed by atoms with Gasteiger partial charge in [0.15, 0.2) is 0 Å². The van der Waals surface area contributed by atoms with Crippen LogP contribution in [0.5, 0.6) is 11.5 Å². The van der Waals surface area contributed by atoms with E-state index in [1.807, 2.05) is 18.2 Å². The number of amides is 1. The molecule has 0 bridgehead atoms. The van der Waals surface area contributed by atoms with E-state index in [2.05, 4.69) is 20.9 Å². The number of hydrogen-bond donors (Lipinski definition) is 5. The van der Waals surface area contributed by atoms with Crippen LogP contribution in [0, 0.1) is 11.7 Å². The summed E-state index contributed by atoms with van der Waals surface area (Å²) in [5.74, 6) is -1.23. The Hall–Kier alpha value is -3.09. The number of piperazine rings is 1. The number of ether oxygens (including phenoxy) is 1. The molecule has 2 aromatic rings. The quantitative estimate of drug-likeness (QED) is 0.128. The van der Waals surface area contributed by atoms with Gasteiger partial charge in [0, 0.05) is 64.1 Å². The smallest absolute Gasteiger partial charge is 0.391 e. The number of nitrogens with zero attached hydrogens (tertiary/aromatic N) is 1. The number of hydrogen-bond acceptors (Lipinski definition) is 7. The molecule has 1 unspecified atom stereocenters. The number of benzene rings is 2. The highest BCUT2D eigenvalue weighted by Gasteiger charge is 2.41. The summed E-state index contributed by atoms with van der Waals surface area (Å²) in [5.41, 5.74) is 2.40. The van der Waals surface area contributed by atoms with Crippen molar-refractivity contribution in [2.24, 2.45) is 5.92 Å². The first-order valence-electron chi connectivity index (χ1n) is 16.4. The lowest BCUT2D eigenvalue weighted by atomic mass is 9.77. The third-order valence-corrected chi connectivity index (χ3v) is 8.77. The molecule has 2 heterocycles. The van der Waals surface area contributed by atoms with E-state index in [1.165, 1.54) is 38.1 Å². The largest absolute Gasteiger partial charge is 0.508 e. The molecule has 0 spiro atoms. The van der Waals surface area contributed by atoms with E-state index in [0.717, 1.165) is 44.5 Å². The standard InChI is InChI=1S/C29H37F4N3O3.C4H9N.CH4O/c30-23-16-24(36-13-11-34-12-14-36)18-26(17-23)39-25(9-10-35-19-37)7-1-20-2-8-28(38)27(15-20)21-3-5-22(6-4-21)29(31,32)33;1-2-4-5-3-1;1-2/h2,8,15-19,21-22,25,34,38H,1,3-7,9-14H2,(H,35,37);5H,1-4H2;2H,1H3. The molecule has 1 saturated carbocycles. The van der Waals surface area contributed by atoms with Gasteiger partial charge in [-0.25, -0.2) is 4.39 Å². The molecule has 0 radical (unpaired) electrons. The SMILES string of the molecule is C1CCNC1.CO.O=CNCCC(CCc1ccc(O)c(C2CCC(C(F)(F)F)CC2)c1)Oc1cc(F)cc(N2CCNCC2)c1. The summed E-state index contributed by atoms with van der Waals surface area (Å²) in [6.45, 7) is 6.10. The van der Waals surface area contributed by atoms with Crippen molar-refractivity contribution in [3.63, 3.8) is 0 Å². The van der Waals surface area contributed by atoms with Gasteiger partial charge in [-0.2, -0.15) is 13.2 Å². The Morgan fingerprint density at radius 3 is 2.26 bits per heavy atom. The summed E-state index contributed by atoms with van der Waals surface area (Å²) in [5, 5.41) is 26.6. The lowest BCUT2D eigenvalue weighted by Gasteiger charge is -2.30. The second-order valence-corrected chi connectivity index (χ2v) is 12.0. The molecule has 258 valence electrons. The molecular weight excluding hydrogens is 604 g/mol. The van der Waals surface area contributed by atoms with Crippen LogP contribution < -0.4 is 25.6 Å². The highest BCUT2D eigenvalue weighted by molar-refractivity contribution is 5.51. The summed E-state index contributed by atoms with van der Waals surface area (Å²) >= 11 is 0. The number of nitrogens with one attached hydrogen (secondary N) is 3. The maximum absolute atomic E-state index is 14.5. The Kier molecular flexibility index (Phi) is 15.9. The molecule has 1 aliphatic carbocycles. The molecule has 8 nitrogen and oxygen atoms in total. The van der Waals surface area contributed by atoms with Crippen LogP contribution in [0.15, 0.2) is 36.4 Å². The van der Waals surface area contributed by atoms with Gasteiger partial charge in [0.05, 0.1) is 5.92 Å². The van der Waals surface area contributed by atoms with Gasteiger partial charge in [-0.15, -0.1) is 0 Å². The molecule has 12 heteroatoms. The molecule has 2 saturated heterocycles. The number of aryl methyl sites for hydroxylation is 1. The fourth-order valence-electron chi connectivity index (χ4n) is 6.25. The van der Waals surface area contributed by atoms with Crippen LogP contribution in [0.25, 0.3) is 0 Å². The minimum absolute atomic E-state index is 0.0705. The summed E-state index contributed by atoms with van der Waals surface area (Å²) in [4.78, 5) is 12.9. The lowest BCUT2D eigenvalue weighted by molar-refractivity contribution is -0.182. The predicted molar refractivity (Wildman–Crippen MR) is 172 cm³/mol. The van der Waals surface area contributed by atoms with E-state index >= 15 is 0 Å². The molecule has 5 rings (SSSR count). The Labute approximate surface area is 269 Å². The van der Waals surface area contributed by atoms with Gasteiger partial charge in [0.1, 0.15) is 23.4 Å². The summed E-state index contributed by atoms with van der Waals surface area (Å²) in [6, 6.07) is 10.0. The monoisotopic (exact) mass is 654 g/mol. The Morgan fingerprint density at radius 1 is 0.978 bits per heavy atom. The van der Waals surface area contributed by atoms with Crippen molar-refractivity contribution >= 4 is 12.1 Å². The minimum atomic E-state index is -4.17. The van der Waals surface area contributed by atoms with Crippen molar-refractivity contribution in [3.05, 3.63) is 53.3 Å². The molecule has 5 N–H and O–H groups in total. The van der Waals surface area contributed by atoms with E-state index in [0.29, 0.717) is 56.4 Å². The number of halogens is 4. The van der Waals surface area contributed by atoms with Gasteiger partial charge in [-0.3, -0.25) is 4.79 Å². The number of anilines is 1. The van der Waals surface area contributed by atoms with Gasteiger partial charge < -0.3 is 35.8 Å². The van der Waals surface area contributed by atoms with Crippen LogP contribution >= 0.6 is 0 Å². The van der Waals surface area contributed by atoms with Gasteiger partial charge in [-0.1, -0.05) is 12.1 Å². The number of carbonyl (C=O) groups is 1. The number of carbonyl (C=O) groups excluding carboxylic acids is 1. The summed E-state index contributed by atoms with van der Waals surface area (Å²) < 4.78 is 59.9. The minimum Gasteiger partial charge on any atom is -0.508 e. The van der Waals surface area contributed by atoms with Crippen molar-refractivity contribution in [3.8, 4) is 11.5 Å². The number of phenolic OH excluding ortho intramolecular Hbond substituents is 1. The zero-order valence-electron chi connectivity index (χ0n) is 26.8. The van der Waals surface area contributed by atoms with Crippen LogP contribution in [-0.2, 0) is 11.2 Å². The second-order valence-electron chi connectivity index (χ2n) is 12.0. The number of rotatable bonds is 11. The van der Waals surface area contributed by atoms with E-state index in [4.69, 9.17) is 9.84 Å². The maximum Gasteiger partial charge on any atom is 0.391 e. The fraction of sp³-hybridized carbons (Fsp3) is 0.618. The van der Waals surface area contributed by atoms with Gasteiger partial charge in [0.2, 0.25) is 6.41 Å². The van der Waals surface area contributed by atoms with Crippen molar-refractivity contribution in [2.75, 3.05) is 57.8 Å². The zero-order chi connectivity index (χ0) is 33.4. The molecule has 2 aromatic carbocycles. The maximum atomic E-state index is 14.5. The third kappa shape index (κ3) is 12.3. The third-order valence-electron chi connectivity index (χ3n) is 8.77. The second kappa shape index (κ2) is 19.5. The van der Waals surface area contributed by atoms with E-state index in [9.17, 15) is 27.5 Å². The average Bonchev–Trinajstić information content (AvgIpc) is 3.66. The zero-order valence-corrected chi connectivity index (χ0v) is 26.8. The molecule has 3 fully saturated rings. The van der Waals surface area contributed by atoms with Crippen molar-refractivity contribution in [2.45, 2.75) is 76.0 Å². The number of phenols is 1. The predicted octanol–water partition coefficient (Wildman–Crippen LogP) is 5.27. The van der Waals surface area contributed by atoms with Crippen molar-refractivity contribution < 1.29 is 37.3 Å². The van der Waals surface area contributed by atoms with Gasteiger partial charge >= 0.3 is 6.18 Å². The first-order chi connectivity index (χ1) is 22.2. The van der Waals surface area contributed by atoms with Crippen LogP contribution in [0.3, 0.4) is 0 Å². The molecule has 1 amide bonds. The van der Waals surface area contributed by atoms with Gasteiger partial charge in [-0.05, 0) is 93.6 Å². The molecule has 2 aliphatic heterocycles. The Bertz CT molecular complexity index is 1160. The molecular formula is C34H50F4N4O4. The van der Waals surface area contributed by atoms with Crippen molar-refractivity contribution in [1.82, 2.24) is 16.0 Å². The average molecular weight is 655 g/mol. The van der Waals surface area contributed by atoms with Crippen LogP contribution in [0.2, 0.25) is 0 Å². The normalized spacial score (nSPS) is 20.4. The van der Waals surface area contributed by atoms with Crippen molar-refractivity contribution in [1.29, 1.82) is 0 Å². The number of aliphatic hydroxyl groups excluding tert-OH is 1.